The van der Waals surface area contributed by atoms with Gasteiger partial charge in [-0.1, -0.05) is 131 Å². The molecule has 1 N–H and O–H groups in total. The Morgan fingerprint density at radius 1 is 0.872 bits per heavy atom. The van der Waals surface area contributed by atoms with E-state index >= 15 is 0 Å². The van der Waals surface area contributed by atoms with Gasteiger partial charge in [0.15, 0.2) is 0 Å². The van der Waals surface area contributed by atoms with Gasteiger partial charge in [-0.25, -0.2) is 4.79 Å². The van der Waals surface area contributed by atoms with Crippen LogP contribution in [0.5, 0.6) is 0 Å². The van der Waals surface area contributed by atoms with Crippen LogP contribution >= 0.6 is 23.2 Å². The monoisotopic (exact) mass is 573 g/mol. The number of rotatable bonds is 7. The van der Waals surface area contributed by atoms with Crippen LogP contribution in [-0.2, 0) is 6.42 Å². The second kappa shape index (κ2) is 17.6. The van der Waals surface area contributed by atoms with Crippen LogP contribution in [0.1, 0.15) is 78.2 Å². The lowest BCUT2D eigenvalue weighted by molar-refractivity contribution is 0.149. The second-order valence-corrected chi connectivity index (χ2v) is 11.6. The summed E-state index contributed by atoms with van der Waals surface area (Å²) in [4.78, 5) is 16.3. The minimum atomic E-state index is -0.462. The molecule has 1 aliphatic heterocycles. The molecule has 1 unspecified atom stereocenters. The fourth-order valence-electron chi connectivity index (χ4n) is 4.68. The Bertz CT molecular complexity index is 1070. The summed E-state index contributed by atoms with van der Waals surface area (Å²) in [5.74, 6) is 0. The number of likely N-dealkylation sites (N-methyl/N-ethyl adjacent to an activating group) is 1. The number of fused-ring (bicyclic) bond motifs is 1. The van der Waals surface area contributed by atoms with E-state index in [1.54, 1.807) is 0 Å². The van der Waals surface area contributed by atoms with Crippen LogP contribution < -0.4 is 5.32 Å². The van der Waals surface area contributed by atoms with Gasteiger partial charge in [0.05, 0.1) is 15.6 Å². The first-order valence-electron chi connectivity index (χ1n) is 14.7. The van der Waals surface area contributed by atoms with Gasteiger partial charge in [-0.3, -0.25) is 0 Å². The lowest BCUT2D eigenvalue weighted by atomic mass is 9.93. The zero-order chi connectivity index (χ0) is 28.7. The number of urea groups is 1. The van der Waals surface area contributed by atoms with Gasteiger partial charge in [-0.15, -0.1) is 0 Å². The van der Waals surface area contributed by atoms with Crippen molar-refractivity contribution in [2.45, 2.75) is 84.6 Å². The van der Waals surface area contributed by atoms with Crippen LogP contribution in [0.2, 0.25) is 0 Å². The average Bonchev–Trinajstić information content (AvgIpc) is 2.93. The van der Waals surface area contributed by atoms with E-state index in [4.69, 9.17) is 23.2 Å². The third-order valence-electron chi connectivity index (χ3n) is 7.17. The van der Waals surface area contributed by atoms with Gasteiger partial charge in [-0.05, 0) is 49.2 Å². The molecule has 0 bridgehead atoms. The van der Waals surface area contributed by atoms with Gasteiger partial charge in [0.25, 0.3) is 0 Å². The minimum absolute atomic E-state index is 0.0391. The molecule has 1 fully saturated rings. The molecular formula is C33H49Cl2N3O. The number of nitrogens with zero attached hydrogens (tertiary/aromatic N) is 2. The molecule has 1 atom stereocenters. The van der Waals surface area contributed by atoms with Crippen molar-refractivity contribution in [2.24, 2.45) is 0 Å². The highest BCUT2D eigenvalue weighted by atomic mass is 35.5. The summed E-state index contributed by atoms with van der Waals surface area (Å²) >= 11 is 12.0. The largest absolute Gasteiger partial charge is 0.329 e. The number of carbonyl (C=O) groups is 1. The molecule has 0 saturated carbocycles. The molecule has 0 radical (unpaired) electrons. The van der Waals surface area contributed by atoms with E-state index in [-0.39, 0.29) is 6.03 Å². The van der Waals surface area contributed by atoms with E-state index < -0.39 is 5.54 Å². The number of hydrogen-bond acceptors (Lipinski definition) is 2. The van der Waals surface area contributed by atoms with Gasteiger partial charge in [-0.2, -0.15) is 0 Å². The van der Waals surface area contributed by atoms with Gasteiger partial charge in [0.2, 0.25) is 0 Å². The number of unbranched alkanes of at least 4 members (excludes halogenated alkanes) is 4. The second-order valence-electron chi connectivity index (χ2n) is 10.8. The number of piperazine rings is 1. The van der Waals surface area contributed by atoms with E-state index in [2.05, 4.69) is 80.5 Å². The summed E-state index contributed by atoms with van der Waals surface area (Å²) in [6, 6.07) is 15.1. The number of allylic oxidation sites excluding steroid dienone is 2. The first-order chi connectivity index (χ1) is 18.7. The summed E-state index contributed by atoms with van der Waals surface area (Å²) in [5, 5.41) is 6.84. The van der Waals surface area contributed by atoms with Crippen LogP contribution in [0.3, 0.4) is 0 Å². The molecule has 216 valence electrons. The number of amides is 2. The van der Waals surface area contributed by atoms with Crippen LogP contribution in [0, 0.1) is 0 Å². The highest BCUT2D eigenvalue weighted by Crippen LogP contribution is 2.30. The molecule has 2 aromatic carbocycles. The summed E-state index contributed by atoms with van der Waals surface area (Å²) in [7, 11) is 2.06. The van der Waals surface area contributed by atoms with Crippen molar-refractivity contribution in [1.82, 2.24) is 15.1 Å². The maximum atomic E-state index is 12.2. The van der Waals surface area contributed by atoms with E-state index in [1.165, 1.54) is 61.3 Å². The normalized spacial score (nSPS) is 19.2. The molecule has 2 aliphatic rings. The molecule has 2 aromatic rings. The van der Waals surface area contributed by atoms with Crippen molar-refractivity contribution >= 4 is 40.0 Å². The number of aryl methyl sites for hydroxylation is 1. The Balaban J connectivity index is 0.000000230. The van der Waals surface area contributed by atoms with E-state index in [0.717, 1.165) is 26.2 Å². The van der Waals surface area contributed by atoms with Crippen molar-refractivity contribution < 1.29 is 4.79 Å². The number of carbonyl (C=O) groups excluding carboxylic acids is 1. The fraction of sp³-hybridized carbons (Fsp3) is 0.545. The first-order valence-corrected chi connectivity index (χ1v) is 15.4. The molecule has 39 heavy (non-hydrogen) atoms. The molecule has 0 aromatic heterocycles. The van der Waals surface area contributed by atoms with Gasteiger partial charge in [0.1, 0.15) is 0 Å². The molecule has 4 rings (SSSR count). The SMILES string of the molecule is CCCCCCC.CCCc1cccc2ccccc12.CN1CCN(C(=O)NC2(C)C=C(Cl)C(Cl)=CC2)CC1. The molecule has 0 spiro atoms. The molecule has 1 aliphatic carbocycles. The van der Waals surface area contributed by atoms with Crippen molar-refractivity contribution in [1.29, 1.82) is 0 Å². The summed E-state index contributed by atoms with van der Waals surface area (Å²) in [6.45, 7) is 12.0. The Morgan fingerprint density at radius 3 is 2.13 bits per heavy atom. The van der Waals surface area contributed by atoms with Crippen LogP contribution in [0.15, 0.2) is 64.7 Å². The summed E-state index contributed by atoms with van der Waals surface area (Å²) in [5.41, 5.74) is 1.01. The zero-order valence-corrected chi connectivity index (χ0v) is 26.3. The lowest BCUT2D eigenvalue weighted by Crippen LogP contribution is -2.55. The maximum absolute atomic E-state index is 12.2. The fourth-order valence-corrected chi connectivity index (χ4v) is 5.13. The Kier molecular flexibility index (Phi) is 15.0. The van der Waals surface area contributed by atoms with Crippen molar-refractivity contribution in [3.8, 4) is 0 Å². The average molecular weight is 575 g/mol. The van der Waals surface area contributed by atoms with Gasteiger partial charge < -0.3 is 15.1 Å². The molecule has 1 saturated heterocycles. The standard InChI is InChI=1S/C13H19Cl2N3O.C13H14.C7H16/c1-13(4-3-10(14)11(15)9-13)16-12(19)18-7-5-17(2)6-8-18;1-2-6-11-8-5-9-12-7-3-4-10-13(11)12;1-3-5-7-6-4-2/h3,9H,4-8H2,1-2H3,(H,16,19);3-5,7-10H,2,6H2,1H3;3-7H2,1-2H3. The number of hydrogen-bond donors (Lipinski definition) is 1. The summed E-state index contributed by atoms with van der Waals surface area (Å²) < 4.78 is 0. The van der Waals surface area contributed by atoms with E-state index in [0.29, 0.717) is 16.5 Å². The van der Waals surface area contributed by atoms with Crippen molar-refractivity contribution in [2.75, 3.05) is 33.2 Å². The Morgan fingerprint density at radius 2 is 1.51 bits per heavy atom. The third-order valence-corrected chi connectivity index (χ3v) is 7.94. The third kappa shape index (κ3) is 11.6. The molecule has 1 heterocycles. The lowest BCUT2D eigenvalue weighted by Gasteiger charge is -2.36. The van der Waals surface area contributed by atoms with Gasteiger partial charge >= 0.3 is 6.03 Å². The Hall–Kier alpha value is -2.01. The molecular weight excluding hydrogens is 525 g/mol. The Labute approximate surface area is 247 Å². The zero-order valence-electron chi connectivity index (χ0n) is 24.7. The number of halogens is 2. The first kappa shape index (κ1) is 33.2. The van der Waals surface area contributed by atoms with Crippen LogP contribution in [0.4, 0.5) is 4.79 Å². The van der Waals surface area contributed by atoms with E-state index in [9.17, 15) is 4.79 Å². The minimum Gasteiger partial charge on any atom is -0.329 e. The number of nitrogens with one attached hydrogen (secondary N) is 1. The van der Waals surface area contributed by atoms with Gasteiger partial charge in [0, 0.05) is 26.2 Å². The van der Waals surface area contributed by atoms with E-state index in [1.807, 2.05) is 24.0 Å². The van der Waals surface area contributed by atoms with Crippen molar-refractivity contribution in [3.63, 3.8) is 0 Å². The topological polar surface area (TPSA) is 35.6 Å². The molecule has 2 amide bonds. The summed E-state index contributed by atoms with van der Waals surface area (Å²) in [6.07, 6.45) is 13.7. The van der Waals surface area contributed by atoms with Crippen LogP contribution in [-0.4, -0.2) is 54.6 Å². The predicted octanol–water partition coefficient (Wildman–Crippen LogP) is 9.12. The smallest absolute Gasteiger partial charge is 0.318 e. The number of benzene rings is 2. The molecule has 6 heteroatoms. The van der Waals surface area contributed by atoms with Crippen molar-refractivity contribution in [3.05, 3.63) is 70.2 Å². The predicted molar refractivity (Wildman–Crippen MR) is 171 cm³/mol. The highest BCUT2D eigenvalue weighted by Gasteiger charge is 2.30. The van der Waals surface area contributed by atoms with Crippen LogP contribution in [0.25, 0.3) is 10.8 Å². The maximum Gasteiger partial charge on any atom is 0.318 e. The molecule has 4 nitrogen and oxygen atoms in total. The quantitative estimate of drug-likeness (QED) is 0.335. The highest BCUT2D eigenvalue weighted by molar-refractivity contribution is 6.44.